The smallest absolute Gasteiger partial charge is 0.138 e. The van der Waals surface area contributed by atoms with Crippen LogP contribution in [0.5, 0.6) is 0 Å². The number of rotatable bonds is 5. The van der Waals surface area contributed by atoms with Crippen LogP contribution >= 0.6 is 15.9 Å². The predicted molar refractivity (Wildman–Crippen MR) is 86.5 cm³/mol. The van der Waals surface area contributed by atoms with Gasteiger partial charge in [0.05, 0.1) is 0 Å². The molecule has 3 N–H and O–H groups in total. The quantitative estimate of drug-likeness (QED) is 0.879. The fourth-order valence-corrected chi connectivity index (χ4v) is 2.24. The molecule has 0 unspecified atom stereocenters. The van der Waals surface area contributed by atoms with E-state index in [4.69, 9.17) is 5.73 Å². The summed E-state index contributed by atoms with van der Waals surface area (Å²) in [5, 5.41) is 3.16. The topological polar surface area (TPSA) is 67.1 Å². The molecule has 0 spiro atoms. The first-order valence-corrected chi connectivity index (χ1v) is 7.17. The van der Waals surface area contributed by atoms with Crippen LogP contribution in [0, 0.1) is 6.92 Å². The van der Waals surface area contributed by atoms with Gasteiger partial charge < -0.3 is 16.0 Å². The van der Waals surface area contributed by atoms with Gasteiger partial charge in [0.15, 0.2) is 0 Å². The summed E-state index contributed by atoms with van der Waals surface area (Å²) in [6.45, 7) is 3.34. The zero-order valence-corrected chi connectivity index (χ0v) is 13.2. The molecule has 20 heavy (non-hydrogen) atoms. The monoisotopic (exact) mass is 335 g/mol. The molecule has 0 aliphatic rings. The average Bonchev–Trinajstić information content (AvgIpc) is 2.47. The Kier molecular flexibility index (Phi) is 4.92. The first-order valence-electron chi connectivity index (χ1n) is 6.37. The Labute approximate surface area is 127 Å². The van der Waals surface area contributed by atoms with Gasteiger partial charge in [-0.1, -0.05) is 22.0 Å². The van der Waals surface area contributed by atoms with Crippen molar-refractivity contribution in [1.29, 1.82) is 0 Å². The summed E-state index contributed by atoms with van der Waals surface area (Å²) in [5.74, 6) is 1.61. The first-order chi connectivity index (χ1) is 9.61. The predicted octanol–water partition coefficient (Wildman–Crippen LogP) is 2.69. The second-order valence-electron chi connectivity index (χ2n) is 4.47. The highest BCUT2D eigenvalue weighted by molar-refractivity contribution is 9.10. The lowest BCUT2D eigenvalue weighted by atomic mass is 10.2. The molecule has 2 rings (SSSR count). The summed E-state index contributed by atoms with van der Waals surface area (Å²) in [4.78, 5) is 10.5. The largest absolute Gasteiger partial charge is 0.369 e. The summed E-state index contributed by atoms with van der Waals surface area (Å²) >= 11 is 3.50. The molecule has 5 nitrogen and oxygen atoms in total. The van der Waals surface area contributed by atoms with Gasteiger partial charge >= 0.3 is 0 Å². The number of benzene rings is 1. The van der Waals surface area contributed by atoms with Crippen molar-refractivity contribution < 1.29 is 0 Å². The van der Waals surface area contributed by atoms with Gasteiger partial charge in [0.25, 0.3) is 0 Å². The summed E-state index contributed by atoms with van der Waals surface area (Å²) in [6, 6.07) is 8.09. The van der Waals surface area contributed by atoms with Crippen molar-refractivity contribution in [1.82, 2.24) is 9.97 Å². The maximum absolute atomic E-state index is 5.48. The second kappa shape index (κ2) is 6.67. The lowest BCUT2D eigenvalue weighted by Crippen LogP contribution is -2.16. The van der Waals surface area contributed by atoms with Crippen LogP contribution in [0.2, 0.25) is 0 Å². The standard InChI is InChI=1S/C14H18BrN5/c1-10-3-4-11(15)7-12(10)20(2)14-8-13(17-6-5-16)18-9-19-14/h3-4,7-9H,5-6,16H2,1-2H3,(H,17,18,19). The molecular formula is C14H18BrN5. The van der Waals surface area contributed by atoms with Crippen LogP contribution in [0.1, 0.15) is 5.56 Å². The zero-order valence-electron chi connectivity index (χ0n) is 11.6. The summed E-state index contributed by atoms with van der Waals surface area (Å²) in [7, 11) is 1.99. The van der Waals surface area contributed by atoms with Gasteiger partial charge in [-0.2, -0.15) is 0 Å². The van der Waals surface area contributed by atoms with E-state index in [1.54, 1.807) is 6.33 Å². The lowest BCUT2D eigenvalue weighted by Gasteiger charge is -2.21. The molecule has 0 saturated carbocycles. The molecule has 1 heterocycles. The van der Waals surface area contributed by atoms with Gasteiger partial charge in [-0.25, -0.2) is 9.97 Å². The number of nitrogens with two attached hydrogens (primary N) is 1. The van der Waals surface area contributed by atoms with Gasteiger partial charge in [0.1, 0.15) is 18.0 Å². The van der Waals surface area contributed by atoms with Crippen molar-refractivity contribution in [2.45, 2.75) is 6.92 Å². The molecule has 2 aromatic rings. The maximum atomic E-state index is 5.48. The normalized spacial score (nSPS) is 10.4. The molecule has 0 saturated heterocycles. The van der Waals surface area contributed by atoms with Crippen LogP contribution in [0.15, 0.2) is 35.1 Å². The van der Waals surface area contributed by atoms with Crippen LogP contribution in [0.25, 0.3) is 0 Å². The molecule has 1 aromatic carbocycles. The second-order valence-corrected chi connectivity index (χ2v) is 5.38. The number of nitrogens with one attached hydrogen (secondary N) is 1. The van der Waals surface area contributed by atoms with E-state index in [0.717, 1.165) is 21.8 Å². The summed E-state index contributed by atoms with van der Waals surface area (Å²) in [5.41, 5.74) is 7.77. The highest BCUT2D eigenvalue weighted by Crippen LogP contribution is 2.28. The van der Waals surface area contributed by atoms with Crippen LogP contribution in [0.3, 0.4) is 0 Å². The van der Waals surface area contributed by atoms with Gasteiger partial charge in [-0.15, -0.1) is 0 Å². The van der Waals surface area contributed by atoms with Gasteiger partial charge in [0.2, 0.25) is 0 Å². The van der Waals surface area contributed by atoms with E-state index in [0.29, 0.717) is 13.1 Å². The van der Waals surface area contributed by atoms with E-state index in [9.17, 15) is 0 Å². The van der Waals surface area contributed by atoms with Gasteiger partial charge in [-0.05, 0) is 24.6 Å². The van der Waals surface area contributed by atoms with Crippen LogP contribution < -0.4 is 16.0 Å². The fraction of sp³-hybridized carbons (Fsp3) is 0.286. The van der Waals surface area contributed by atoms with E-state index in [2.05, 4.69) is 50.3 Å². The number of halogens is 1. The van der Waals surface area contributed by atoms with E-state index >= 15 is 0 Å². The molecule has 0 atom stereocenters. The molecule has 0 aliphatic carbocycles. The van der Waals surface area contributed by atoms with E-state index in [-0.39, 0.29) is 0 Å². The number of aryl methyl sites for hydroxylation is 1. The first kappa shape index (κ1) is 14.7. The van der Waals surface area contributed by atoms with Crippen molar-refractivity contribution in [3.05, 3.63) is 40.6 Å². The Morgan fingerprint density at radius 2 is 2.10 bits per heavy atom. The van der Waals surface area contributed by atoms with Crippen LogP contribution in [-0.2, 0) is 0 Å². The molecule has 0 amide bonds. The van der Waals surface area contributed by atoms with Crippen molar-refractivity contribution in [3.8, 4) is 0 Å². The van der Waals surface area contributed by atoms with Crippen molar-refractivity contribution in [3.63, 3.8) is 0 Å². The Bertz CT molecular complexity index is 588. The van der Waals surface area contributed by atoms with E-state index in [1.807, 2.05) is 24.1 Å². The van der Waals surface area contributed by atoms with Crippen molar-refractivity contribution in [2.75, 3.05) is 30.4 Å². The molecule has 0 bridgehead atoms. The molecule has 6 heteroatoms. The van der Waals surface area contributed by atoms with Crippen molar-refractivity contribution >= 4 is 33.3 Å². The molecule has 0 aliphatic heterocycles. The number of hydrogen-bond acceptors (Lipinski definition) is 5. The van der Waals surface area contributed by atoms with E-state index in [1.165, 1.54) is 5.56 Å². The minimum Gasteiger partial charge on any atom is -0.369 e. The molecule has 106 valence electrons. The number of nitrogens with zero attached hydrogens (tertiary/aromatic N) is 3. The van der Waals surface area contributed by atoms with E-state index < -0.39 is 0 Å². The molecule has 0 fully saturated rings. The van der Waals surface area contributed by atoms with Crippen LogP contribution in [0.4, 0.5) is 17.3 Å². The van der Waals surface area contributed by atoms with Crippen LogP contribution in [-0.4, -0.2) is 30.1 Å². The number of anilines is 3. The van der Waals surface area contributed by atoms with Gasteiger partial charge in [0, 0.05) is 36.4 Å². The molecular weight excluding hydrogens is 318 g/mol. The van der Waals surface area contributed by atoms with Crippen molar-refractivity contribution in [2.24, 2.45) is 5.73 Å². The SMILES string of the molecule is Cc1ccc(Br)cc1N(C)c1cc(NCCN)ncn1. The third-order valence-corrected chi connectivity index (χ3v) is 3.47. The Hall–Kier alpha value is -1.66. The lowest BCUT2D eigenvalue weighted by molar-refractivity contribution is 0.997. The fourth-order valence-electron chi connectivity index (χ4n) is 1.89. The summed E-state index contributed by atoms with van der Waals surface area (Å²) in [6.07, 6.45) is 1.55. The Morgan fingerprint density at radius 3 is 2.85 bits per heavy atom. The Morgan fingerprint density at radius 1 is 1.30 bits per heavy atom. The maximum Gasteiger partial charge on any atom is 0.138 e. The Balaban J connectivity index is 2.28. The average molecular weight is 336 g/mol. The highest BCUT2D eigenvalue weighted by Gasteiger charge is 2.09. The number of aromatic nitrogens is 2. The molecule has 0 radical (unpaired) electrons. The summed E-state index contributed by atoms with van der Waals surface area (Å²) < 4.78 is 1.04. The van der Waals surface area contributed by atoms with Gasteiger partial charge in [-0.3, -0.25) is 0 Å². The zero-order chi connectivity index (χ0) is 14.5. The third-order valence-electron chi connectivity index (χ3n) is 2.98. The highest BCUT2D eigenvalue weighted by atomic mass is 79.9. The minimum absolute atomic E-state index is 0.569. The number of hydrogen-bond donors (Lipinski definition) is 2. The minimum atomic E-state index is 0.569. The molecule has 1 aromatic heterocycles. The third kappa shape index (κ3) is 3.46.